The molecular weight excluding hydrogens is 352 g/mol. The molecule has 0 radical (unpaired) electrons. The smallest absolute Gasteiger partial charge is 0.255 e. The first-order valence-electron chi connectivity index (χ1n) is 8.71. The zero-order valence-corrected chi connectivity index (χ0v) is 15.1. The molecule has 2 amide bonds. The van der Waals surface area contributed by atoms with E-state index in [1.807, 2.05) is 30.3 Å². The summed E-state index contributed by atoms with van der Waals surface area (Å²) in [4.78, 5) is 24.4. The van der Waals surface area contributed by atoms with Crippen molar-refractivity contribution in [3.8, 4) is 0 Å². The number of carbonyl (C=O) groups is 2. The van der Waals surface area contributed by atoms with Crippen LogP contribution in [0.2, 0.25) is 0 Å². The monoisotopic (exact) mass is 372 g/mol. The van der Waals surface area contributed by atoms with Gasteiger partial charge in [-0.25, -0.2) is 0 Å². The average molecular weight is 372 g/mol. The van der Waals surface area contributed by atoms with Gasteiger partial charge in [0.15, 0.2) is 0 Å². The number of amides is 2. The van der Waals surface area contributed by atoms with Gasteiger partial charge >= 0.3 is 0 Å². The third-order valence-corrected chi connectivity index (χ3v) is 4.14. The summed E-state index contributed by atoms with van der Waals surface area (Å²) in [6.07, 6.45) is 0. The lowest BCUT2D eigenvalue weighted by Crippen LogP contribution is -2.23. The van der Waals surface area contributed by atoms with Crippen LogP contribution in [0, 0.1) is 5.41 Å². The first-order chi connectivity index (χ1) is 13.5. The number of carbonyl (C=O) groups excluding carboxylic acids is 2. The second-order valence-electron chi connectivity index (χ2n) is 6.19. The highest BCUT2D eigenvalue weighted by atomic mass is 16.2. The predicted octanol–water partition coefficient (Wildman–Crippen LogP) is 3.15. The highest BCUT2D eigenvalue weighted by Crippen LogP contribution is 2.12. The highest BCUT2D eigenvalue weighted by molar-refractivity contribution is 6.04. The Morgan fingerprint density at radius 1 is 0.786 bits per heavy atom. The molecule has 0 aromatic heterocycles. The van der Waals surface area contributed by atoms with Crippen molar-refractivity contribution < 1.29 is 9.59 Å². The third-order valence-electron chi connectivity index (χ3n) is 4.14. The van der Waals surface area contributed by atoms with Crippen molar-refractivity contribution in [2.75, 3.05) is 5.32 Å². The van der Waals surface area contributed by atoms with Crippen molar-refractivity contribution >= 4 is 23.3 Å². The molecule has 3 rings (SSSR count). The third kappa shape index (κ3) is 4.82. The van der Waals surface area contributed by atoms with Crippen molar-refractivity contribution in [1.82, 2.24) is 5.32 Å². The molecular formula is C22H20N4O2. The Hall–Kier alpha value is -3.93. The largest absolute Gasteiger partial charge is 0.384 e. The molecule has 0 unspecified atom stereocenters. The second kappa shape index (κ2) is 8.64. The molecule has 6 heteroatoms. The number of nitrogen functional groups attached to an aromatic ring is 1. The predicted molar refractivity (Wildman–Crippen MR) is 109 cm³/mol. The summed E-state index contributed by atoms with van der Waals surface area (Å²) in [5.41, 5.74) is 8.57. The fourth-order valence-electron chi connectivity index (χ4n) is 2.61. The highest BCUT2D eigenvalue weighted by Gasteiger charge is 2.08. The molecule has 5 N–H and O–H groups in total. The Morgan fingerprint density at radius 2 is 1.43 bits per heavy atom. The van der Waals surface area contributed by atoms with E-state index >= 15 is 0 Å². The summed E-state index contributed by atoms with van der Waals surface area (Å²) in [6.45, 7) is 0.343. The van der Waals surface area contributed by atoms with Gasteiger partial charge in [-0.05, 0) is 42.0 Å². The lowest BCUT2D eigenvalue weighted by atomic mass is 10.1. The lowest BCUT2D eigenvalue weighted by Gasteiger charge is -2.09. The molecule has 0 heterocycles. The SMILES string of the molecule is N=C(N)c1cccc(C(=O)NCc2ccc(NC(=O)c3ccccc3)cc2)c1. The molecule has 140 valence electrons. The number of nitrogens with two attached hydrogens (primary N) is 1. The van der Waals surface area contributed by atoms with Gasteiger partial charge in [0.2, 0.25) is 0 Å². The lowest BCUT2D eigenvalue weighted by molar-refractivity contribution is 0.0950. The van der Waals surface area contributed by atoms with E-state index in [4.69, 9.17) is 11.1 Å². The minimum absolute atomic E-state index is 0.0808. The van der Waals surface area contributed by atoms with E-state index < -0.39 is 0 Å². The van der Waals surface area contributed by atoms with E-state index in [0.717, 1.165) is 5.56 Å². The summed E-state index contributed by atoms with van der Waals surface area (Å²) in [5.74, 6) is -0.501. The fraction of sp³-hybridized carbons (Fsp3) is 0.0455. The first-order valence-corrected chi connectivity index (χ1v) is 8.71. The van der Waals surface area contributed by atoms with Crippen molar-refractivity contribution in [2.24, 2.45) is 5.73 Å². The molecule has 3 aromatic rings. The van der Waals surface area contributed by atoms with Crippen LogP contribution in [-0.4, -0.2) is 17.6 Å². The minimum Gasteiger partial charge on any atom is -0.384 e. The molecule has 3 aromatic carbocycles. The molecule has 0 aliphatic heterocycles. The molecule has 0 aliphatic rings. The Morgan fingerprint density at radius 3 is 2.11 bits per heavy atom. The number of hydrogen-bond acceptors (Lipinski definition) is 3. The summed E-state index contributed by atoms with van der Waals surface area (Å²) >= 11 is 0. The van der Waals surface area contributed by atoms with Crippen LogP contribution in [0.1, 0.15) is 31.8 Å². The number of rotatable bonds is 6. The van der Waals surface area contributed by atoms with Crippen LogP contribution < -0.4 is 16.4 Å². The summed E-state index contributed by atoms with van der Waals surface area (Å²) in [6, 6.07) is 22.9. The minimum atomic E-state index is -0.246. The normalized spacial score (nSPS) is 10.1. The molecule has 0 saturated heterocycles. The van der Waals surface area contributed by atoms with Crippen molar-refractivity contribution in [1.29, 1.82) is 5.41 Å². The maximum atomic E-state index is 12.3. The van der Waals surface area contributed by atoms with Gasteiger partial charge in [0, 0.05) is 28.9 Å². The Balaban J connectivity index is 1.57. The Bertz CT molecular complexity index is 999. The van der Waals surface area contributed by atoms with Gasteiger partial charge < -0.3 is 16.4 Å². The van der Waals surface area contributed by atoms with Gasteiger partial charge in [-0.15, -0.1) is 0 Å². The molecule has 0 fully saturated rings. The van der Waals surface area contributed by atoms with Crippen LogP contribution in [-0.2, 0) is 6.54 Å². The molecule has 0 saturated carbocycles. The van der Waals surface area contributed by atoms with Crippen molar-refractivity contribution in [2.45, 2.75) is 6.54 Å². The zero-order valence-electron chi connectivity index (χ0n) is 15.1. The summed E-state index contributed by atoms with van der Waals surface area (Å²) in [5, 5.41) is 13.1. The standard InChI is InChI=1S/C22H20N4O2/c23-20(24)17-7-4-8-18(13-17)21(27)25-14-15-9-11-19(12-10-15)26-22(28)16-5-2-1-3-6-16/h1-13H,14H2,(H3,23,24)(H,25,27)(H,26,28). The van der Waals surface area contributed by atoms with Crippen LogP contribution in [0.15, 0.2) is 78.9 Å². The van der Waals surface area contributed by atoms with Crippen LogP contribution in [0.4, 0.5) is 5.69 Å². The molecule has 0 bridgehead atoms. The molecule has 0 spiro atoms. The quantitative estimate of drug-likeness (QED) is 0.394. The molecule has 0 atom stereocenters. The van der Waals surface area contributed by atoms with E-state index in [9.17, 15) is 9.59 Å². The molecule has 28 heavy (non-hydrogen) atoms. The average Bonchev–Trinajstić information content (AvgIpc) is 2.73. The van der Waals surface area contributed by atoms with Crippen molar-refractivity contribution in [3.63, 3.8) is 0 Å². The van der Waals surface area contributed by atoms with Crippen molar-refractivity contribution in [3.05, 3.63) is 101 Å². The Kier molecular flexibility index (Phi) is 5.81. The molecule has 6 nitrogen and oxygen atoms in total. The maximum Gasteiger partial charge on any atom is 0.255 e. The van der Waals surface area contributed by atoms with Crippen LogP contribution >= 0.6 is 0 Å². The fourth-order valence-corrected chi connectivity index (χ4v) is 2.61. The van der Waals surface area contributed by atoms with Crippen LogP contribution in [0.5, 0.6) is 0 Å². The van der Waals surface area contributed by atoms with E-state index in [1.165, 1.54) is 0 Å². The topological polar surface area (TPSA) is 108 Å². The Labute approximate surface area is 162 Å². The number of benzene rings is 3. The maximum absolute atomic E-state index is 12.3. The number of amidine groups is 1. The number of hydrogen-bond donors (Lipinski definition) is 4. The number of nitrogens with one attached hydrogen (secondary N) is 3. The molecule has 0 aliphatic carbocycles. The first kappa shape index (κ1) is 18.8. The van der Waals surface area contributed by atoms with E-state index in [1.54, 1.807) is 48.5 Å². The van der Waals surface area contributed by atoms with Crippen LogP contribution in [0.25, 0.3) is 0 Å². The number of anilines is 1. The second-order valence-corrected chi connectivity index (χ2v) is 6.19. The van der Waals surface area contributed by atoms with Gasteiger partial charge in [0.05, 0.1) is 0 Å². The summed E-state index contributed by atoms with van der Waals surface area (Å²) < 4.78 is 0. The van der Waals surface area contributed by atoms with Gasteiger partial charge in [-0.1, -0.05) is 42.5 Å². The zero-order chi connectivity index (χ0) is 19.9. The van der Waals surface area contributed by atoms with Gasteiger partial charge in [-0.2, -0.15) is 0 Å². The van der Waals surface area contributed by atoms with Gasteiger partial charge in [-0.3, -0.25) is 15.0 Å². The van der Waals surface area contributed by atoms with Gasteiger partial charge in [0.1, 0.15) is 5.84 Å². The summed E-state index contributed by atoms with van der Waals surface area (Å²) in [7, 11) is 0. The van der Waals surface area contributed by atoms with E-state index in [-0.39, 0.29) is 17.6 Å². The van der Waals surface area contributed by atoms with Gasteiger partial charge in [0.25, 0.3) is 11.8 Å². The van der Waals surface area contributed by atoms with E-state index in [2.05, 4.69) is 10.6 Å². The van der Waals surface area contributed by atoms with Crippen LogP contribution in [0.3, 0.4) is 0 Å². The van der Waals surface area contributed by atoms with E-state index in [0.29, 0.717) is 28.9 Å².